The number of H-pyrrole nitrogens is 1. The third kappa shape index (κ3) is 3.46. The first-order valence-corrected chi connectivity index (χ1v) is 9.83. The molecule has 0 atom stereocenters. The topological polar surface area (TPSA) is 59.2 Å². The zero-order chi connectivity index (χ0) is 19.8. The number of benzene rings is 2. The van der Waals surface area contributed by atoms with Gasteiger partial charge in [-0.15, -0.1) is 0 Å². The highest BCUT2D eigenvalue weighted by molar-refractivity contribution is 5.85. The molecular weight excluding hydrogens is 376 g/mol. The smallest absolute Gasteiger partial charge is 0.387 e. The van der Waals surface area contributed by atoms with Crippen LogP contribution < -0.4 is 10.2 Å². The first-order chi connectivity index (χ1) is 14.1. The number of nitrogens with zero attached hydrogens (tertiary/aromatic N) is 1. The van der Waals surface area contributed by atoms with E-state index < -0.39 is 6.61 Å². The molecule has 0 unspecified atom stereocenters. The number of alkyl halides is 2. The molecule has 7 heteroatoms. The van der Waals surface area contributed by atoms with Crippen molar-refractivity contribution < 1.29 is 18.4 Å². The van der Waals surface area contributed by atoms with Crippen LogP contribution in [-0.4, -0.2) is 22.2 Å². The van der Waals surface area contributed by atoms with Crippen LogP contribution in [0.4, 0.5) is 8.78 Å². The first kappa shape index (κ1) is 18.1. The Morgan fingerprint density at radius 2 is 1.90 bits per heavy atom. The summed E-state index contributed by atoms with van der Waals surface area (Å²) in [6, 6.07) is 12.4. The highest BCUT2D eigenvalue weighted by Gasteiger charge is 2.37. The molecule has 2 aromatic carbocycles. The fourth-order valence-corrected chi connectivity index (χ4v) is 4.20. The highest BCUT2D eigenvalue weighted by Crippen LogP contribution is 2.38. The normalized spacial score (nSPS) is 18.2. The number of aromatic nitrogens is 2. The van der Waals surface area contributed by atoms with E-state index >= 15 is 0 Å². The van der Waals surface area contributed by atoms with Gasteiger partial charge in [-0.05, 0) is 42.7 Å². The quantitative estimate of drug-likeness (QED) is 0.618. The minimum absolute atomic E-state index is 0.148. The maximum absolute atomic E-state index is 12.7. The Morgan fingerprint density at radius 1 is 1.07 bits per heavy atom. The van der Waals surface area contributed by atoms with Gasteiger partial charge in [-0.1, -0.05) is 43.5 Å². The largest absolute Gasteiger partial charge is 0.434 e. The second-order valence-corrected chi connectivity index (χ2v) is 7.58. The molecule has 5 nitrogen and oxygen atoms in total. The summed E-state index contributed by atoms with van der Waals surface area (Å²) < 4.78 is 30.1. The van der Waals surface area contributed by atoms with Crippen LogP contribution in [0, 0.1) is 0 Å². The van der Waals surface area contributed by atoms with Gasteiger partial charge in [0.2, 0.25) is 0 Å². The maximum Gasteiger partial charge on any atom is 0.387 e. The van der Waals surface area contributed by atoms with E-state index in [1.54, 1.807) is 18.2 Å². The standard InChI is InChI=1S/C22H21F2N3O2/c23-21(24)28-19-7-3-2-6-15(19)14-8-9-16-17(12-14)26-20(25-16)18-13-22(29-27-18)10-4-1-5-11-22/h2-3,6-9,12-13,21,27H,1,4-5,10-11H2,(H,25,26). The number of hydrogen-bond acceptors (Lipinski definition) is 4. The molecule has 1 fully saturated rings. The van der Waals surface area contributed by atoms with Crippen LogP contribution in [-0.2, 0) is 4.84 Å². The molecule has 0 saturated heterocycles. The van der Waals surface area contributed by atoms with Gasteiger partial charge in [-0.25, -0.2) is 4.98 Å². The number of ether oxygens (including phenoxy) is 1. The van der Waals surface area contributed by atoms with Crippen molar-refractivity contribution in [1.82, 2.24) is 15.4 Å². The predicted octanol–water partition coefficient (Wildman–Crippen LogP) is 5.41. The molecule has 29 heavy (non-hydrogen) atoms. The summed E-state index contributed by atoms with van der Waals surface area (Å²) in [7, 11) is 0. The van der Waals surface area contributed by atoms with E-state index in [4.69, 9.17) is 4.84 Å². The third-order valence-corrected chi connectivity index (χ3v) is 5.62. The molecule has 2 heterocycles. The SMILES string of the molecule is FC(F)Oc1ccccc1-c1ccc2nc(C3=CC4(CCCCC4)ON3)[nH]c2c1. The number of nitrogens with one attached hydrogen (secondary N) is 2. The van der Waals surface area contributed by atoms with E-state index in [2.05, 4.69) is 26.3 Å². The van der Waals surface area contributed by atoms with Crippen LogP contribution in [0.3, 0.4) is 0 Å². The van der Waals surface area contributed by atoms with Crippen molar-refractivity contribution in [3.8, 4) is 16.9 Å². The average molecular weight is 397 g/mol. The van der Waals surface area contributed by atoms with Gasteiger partial charge in [0.1, 0.15) is 17.0 Å². The van der Waals surface area contributed by atoms with Gasteiger partial charge in [0.25, 0.3) is 0 Å². The van der Waals surface area contributed by atoms with Gasteiger partial charge < -0.3 is 9.72 Å². The van der Waals surface area contributed by atoms with Crippen molar-refractivity contribution in [2.75, 3.05) is 0 Å². The van der Waals surface area contributed by atoms with Crippen LogP contribution in [0.15, 0.2) is 48.5 Å². The van der Waals surface area contributed by atoms with Crippen molar-refractivity contribution in [2.24, 2.45) is 0 Å². The highest BCUT2D eigenvalue weighted by atomic mass is 19.3. The van der Waals surface area contributed by atoms with Gasteiger partial charge >= 0.3 is 6.61 Å². The first-order valence-electron chi connectivity index (χ1n) is 9.83. The molecule has 0 amide bonds. The molecule has 1 aliphatic carbocycles. The Morgan fingerprint density at radius 3 is 2.72 bits per heavy atom. The lowest BCUT2D eigenvalue weighted by molar-refractivity contribution is -0.0558. The summed E-state index contributed by atoms with van der Waals surface area (Å²) in [6.45, 7) is -2.87. The second kappa shape index (κ2) is 7.15. The Bertz CT molecular complexity index is 1070. The number of fused-ring (bicyclic) bond motifs is 1. The Labute approximate surface area is 166 Å². The summed E-state index contributed by atoms with van der Waals surface area (Å²) in [5.41, 5.74) is 6.63. The summed E-state index contributed by atoms with van der Waals surface area (Å²) in [4.78, 5) is 13.9. The zero-order valence-corrected chi connectivity index (χ0v) is 15.8. The molecule has 5 rings (SSSR count). The molecule has 0 bridgehead atoms. The monoisotopic (exact) mass is 397 g/mol. The molecule has 1 aliphatic heterocycles. The molecule has 2 aliphatic rings. The second-order valence-electron chi connectivity index (χ2n) is 7.58. The van der Waals surface area contributed by atoms with Crippen LogP contribution >= 0.6 is 0 Å². The van der Waals surface area contributed by atoms with Gasteiger partial charge in [-0.3, -0.25) is 10.3 Å². The van der Waals surface area contributed by atoms with Gasteiger partial charge in [0, 0.05) is 5.56 Å². The van der Waals surface area contributed by atoms with E-state index in [1.165, 1.54) is 12.5 Å². The van der Waals surface area contributed by atoms with E-state index in [1.807, 2.05) is 18.2 Å². The van der Waals surface area contributed by atoms with Crippen molar-refractivity contribution >= 4 is 16.7 Å². The average Bonchev–Trinajstić information content (AvgIpc) is 3.32. The van der Waals surface area contributed by atoms with Crippen molar-refractivity contribution in [3.05, 3.63) is 54.4 Å². The van der Waals surface area contributed by atoms with Gasteiger partial charge in [0.05, 0.1) is 11.0 Å². The number of aromatic amines is 1. The molecule has 2 N–H and O–H groups in total. The Kier molecular flexibility index (Phi) is 4.47. The summed E-state index contributed by atoms with van der Waals surface area (Å²) >= 11 is 0. The zero-order valence-electron chi connectivity index (χ0n) is 15.8. The van der Waals surface area contributed by atoms with E-state index in [9.17, 15) is 8.78 Å². The van der Waals surface area contributed by atoms with Crippen molar-refractivity contribution in [3.63, 3.8) is 0 Å². The third-order valence-electron chi connectivity index (χ3n) is 5.62. The molecular formula is C22H21F2N3O2. The number of hydrogen-bond donors (Lipinski definition) is 2. The lowest BCUT2D eigenvalue weighted by Gasteiger charge is -2.29. The van der Waals surface area contributed by atoms with Gasteiger partial charge in [0.15, 0.2) is 5.82 Å². The molecule has 1 saturated carbocycles. The number of halogens is 2. The number of para-hydroxylation sites is 1. The lowest BCUT2D eigenvalue weighted by atomic mass is 9.84. The van der Waals surface area contributed by atoms with Crippen LogP contribution in [0.5, 0.6) is 5.75 Å². The lowest BCUT2D eigenvalue weighted by Crippen LogP contribution is -2.31. The molecule has 0 radical (unpaired) electrons. The molecule has 1 spiro atoms. The molecule has 3 aromatic rings. The Hall–Kier alpha value is -2.93. The van der Waals surface area contributed by atoms with Gasteiger partial charge in [-0.2, -0.15) is 8.78 Å². The molecule has 1 aromatic heterocycles. The predicted molar refractivity (Wildman–Crippen MR) is 106 cm³/mol. The van der Waals surface area contributed by atoms with E-state index in [0.717, 1.165) is 48.0 Å². The van der Waals surface area contributed by atoms with Crippen molar-refractivity contribution in [2.45, 2.75) is 44.3 Å². The number of hydroxylamine groups is 1. The summed E-state index contributed by atoms with van der Waals surface area (Å²) in [6.07, 6.45) is 7.72. The fourth-order valence-electron chi connectivity index (χ4n) is 4.20. The van der Waals surface area contributed by atoms with Crippen LogP contribution in [0.2, 0.25) is 0 Å². The minimum Gasteiger partial charge on any atom is -0.434 e. The summed E-state index contributed by atoms with van der Waals surface area (Å²) in [5.74, 6) is 0.853. The number of rotatable bonds is 4. The molecule has 150 valence electrons. The van der Waals surface area contributed by atoms with E-state index in [0.29, 0.717) is 11.4 Å². The Balaban J connectivity index is 1.48. The van der Waals surface area contributed by atoms with Crippen LogP contribution in [0.1, 0.15) is 37.9 Å². The van der Waals surface area contributed by atoms with E-state index in [-0.39, 0.29) is 11.4 Å². The minimum atomic E-state index is -2.87. The number of imidazole rings is 1. The van der Waals surface area contributed by atoms with Crippen LogP contribution in [0.25, 0.3) is 27.9 Å². The summed E-state index contributed by atoms with van der Waals surface area (Å²) in [5, 5.41) is 0. The maximum atomic E-state index is 12.7. The van der Waals surface area contributed by atoms with Crippen molar-refractivity contribution in [1.29, 1.82) is 0 Å². The fraction of sp³-hybridized carbons (Fsp3) is 0.318.